The number of nitrogens with zero attached hydrogens (tertiary/aromatic N) is 2. The summed E-state index contributed by atoms with van der Waals surface area (Å²) in [6, 6.07) is 0. The molecule has 3 nitrogen and oxygen atoms in total. The molecule has 0 bridgehead atoms. The van der Waals surface area contributed by atoms with Crippen molar-refractivity contribution < 1.29 is 0 Å². The molecule has 0 atom stereocenters. The molecule has 0 aliphatic carbocycles. The van der Waals surface area contributed by atoms with E-state index < -0.39 is 0 Å². The van der Waals surface area contributed by atoms with Gasteiger partial charge in [-0.1, -0.05) is 6.92 Å². The summed E-state index contributed by atoms with van der Waals surface area (Å²) in [4.78, 5) is 7.28. The van der Waals surface area contributed by atoms with Gasteiger partial charge in [0.25, 0.3) is 0 Å². The van der Waals surface area contributed by atoms with Crippen molar-refractivity contribution in [3.05, 3.63) is 16.1 Å². The number of rotatable bonds is 4. The predicted octanol–water partition coefficient (Wildman–Crippen LogP) is 3.26. The van der Waals surface area contributed by atoms with Gasteiger partial charge >= 0.3 is 0 Å². The van der Waals surface area contributed by atoms with Crippen LogP contribution in [0.4, 0.5) is 0 Å². The molecule has 1 fully saturated rings. The predicted molar refractivity (Wildman–Crippen MR) is 82.4 cm³/mol. The van der Waals surface area contributed by atoms with Gasteiger partial charge < -0.3 is 5.32 Å². The Morgan fingerprint density at radius 1 is 1.37 bits per heavy atom. The van der Waals surface area contributed by atoms with Crippen molar-refractivity contribution >= 4 is 11.3 Å². The molecule has 1 aromatic heterocycles. The molecule has 0 amide bonds. The topological polar surface area (TPSA) is 28.2 Å². The molecule has 19 heavy (non-hydrogen) atoms. The van der Waals surface area contributed by atoms with Crippen LogP contribution in [0.1, 0.15) is 51.2 Å². The molecule has 0 unspecified atom stereocenters. The van der Waals surface area contributed by atoms with Crippen LogP contribution in [0.15, 0.2) is 5.38 Å². The first-order chi connectivity index (χ1) is 8.92. The average Bonchev–Trinajstić information content (AvgIpc) is 2.77. The van der Waals surface area contributed by atoms with Crippen LogP contribution in [0.25, 0.3) is 0 Å². The maximum atomic E-state index is 4.74. The van der Waals surface area contributed by atoms with Gasteiger partial charge in [0, 0.05) is 24.0 Å². The molecule has 0 spiro atoms. The normalized spacial score (nSPS) is 18.9. The number of hydrogen-bond donors (Lipinski definition) is 1. The van der Waals surface area contributed by atoms with Gasteiger partial charge in [0.1, 0.15) is 5.01 Å². The molecule has 2 rings (SSSR count). The highest BCUT2D eigenvalue weighted by Gasteiger charge is 2.17. The Morgan fingerprint density at radius 2 is 2.05 bits per heavy atom. The van der Waals surface area contributed by atoms with Crippen LogP contribution in [0.3, 0.4) is 0 Å². The summed E-state index contributed by atoms with van der Waals surface area (Å²) >= 11 is 1.78. The van der Waals surface area contributed by atoms with Gasteiger partial charge in [-0.25, -0.2) is 4.98 Å². The van der Waals surface area contributed by atoms with Crippen molar-refractivity contribution in [2.75, 3.05) is 13.1 Å². The lowest BCUT2D eigenvalue weighted by Crippen LogP contribution is -2.35. The Kier molecular flexibility index (Phi) is 4.98. The van der Waals surface area contributed by atoms with Gasteiger partial charge in [-0.2, -0.15) is 0 Å². The Morgan fingerprint density at radius 3 is 2.68 bits per heavy atom. The lowest BCUT2D eigenvalue weighted by Gasteiger charge is -2.29. The quantitative estimate of drug-likeness (QED) is 0.918. The highest BCUT2D eigenvalue weighted by atomic mass is 32.1. The Labute approximate surface area is 121 Å². The third kappa shape index (κ3) is 5.21. The zero-order valence-electron chi connectivity index (χ0n) is 12.7. The van der Waals surface area contributed by atoms with Crippen molar-refractivity contribution in [3.63, 3.8) is 0 Å². The van der Waals surface area contributed by atoms with E-state index >= 15 is 0 Å². The van der Waals surface area contributed by atoms with E-state index in [0.717, 1.165) is 19.0 Å². The first-order valence-corrected chi connectivity index (χ1v) is 8.21. The molecule has 4 heteroatoms. The summed E-state index contributed by atoms with van der Waals surface area (Å²) in [7, 11) is 0. The molecule has 1 N–H and O–H groups in total. The van der Waals surface area contributed by atoms with Crippen LogP contribution >= 0.6 is 11.3 Å². The number of thiazole rings is 1. The van der Waals surface area contributed by atoms with E-state index in [0.29, 0.717) is 0 Å². The van der Waals surface area contributed by atoms with Crippen LogP contribution in [0, 0.1) is 5.92 Å². The fraction of sp³-hybridized carbons (Fsp3) is 0.800. The highest BCUT2D eigenvalue weighted by molar-refractivity contribution is 7.09. The van der Waals surface area contributed by atoms with Crippen molar-refractivity contribution in [1.29, 1.82) is 0 Å². The first-order valence-electron chi connectivity index (χ1n) is 7.33. The maximum Gasteiger partial charge on any atom is 0.107 e. The fourth-order valence-corrected chi connectivity index (χ4v) is 3.02. The Hall–Kier alpha value is -0.450. The number of piperidine rings is 1. The second-order valence-corrected chi connectivity index (χ2v) is 7.74. The van der Waals surface area contributed by atoms with Gasteiger partial charge in [0.15, 0.2) is 0 Å². The number of likely N-dealkylation sites (tertiary alicyclic amines) is 1. The van der Waals surface area contributed by atoms with Crippen LogP contribution in [0.2, 0.25) is 0 Å². The minimum atomic E-state index is 0.162. The maximum absolute atomic E-state index is 4.74. The molecule has 1 aliphatic heterocycles. The molecular formula is C15H27N3S. The minimum Gasteiger partial charge on any atom is -0.306 e. The smallest absolute Gasteiger partial charge is 0.107 e. The molecule has 2 heterocycles. The zero-order chi connectivity index (χ0) is 13.9. The SMILES string of the molecule is CC1CCN(Cc2csc(CNC(C)(C)C)n2)CC1. The van der Waals surface area contributed by atoms with Crippen LogP contribution in [-0.4, -0.2) is 28.5 Å². The zero-order valence-corrected chi connectivity index (χ0v) is 13.5. The van der Waals surface area contributed by atoms with E-state index in [2.05, 4.69) is 43.3 Å². The average molecular weight is 281 g/mol. The summed E-state index contributed by atoms with van der Waals surface area (Å²) in [6.07, 6.45) is 2.67. The van der Waals surface area contributed by atoms with E-state index in [9.17, 15) is 0 Å². The van der Waals surface area contributed by atoms with Gasteiger partial charge in [-0.05, 0) is 52.6 Å². The summed E-state index contributed by atoms with van der Waals surface area (Å²) in [5, 5.41) is 6.92. The molecule has 1 aromatic rings. The fourth-order valence-electron chi connectivity index (χ4n) is 2.29. The van der Waals surface area contributed by atoms with Crippen LogP contribution in [-0.2, 0) is 13.1 Å². The molecule has 1 saturated heterocycles. The van der Waals surface area contributed by atoms with E-state index in [4.69, 9.17) is 4.98 Å². The van der Waals surface area contributed by atoms with E-state index in [-0.39, 0.29) is 5.54 Å². The lowest BCUT2D eigenvalue weighted by molar-refractivity contribution is 0.183. The van der Waals surface area contributed by atoms with E-state index in [1.807, 2.05) is 0 Å². The molecule has 1 aliphatic rings. The second kappa shape index (κ2) is 6.33. The van der Waals surface area contributed by atoms with Crippen LogP contribution < -0.4 is 5.32 Å². The van der Waals surface area contributed by atoms with E-state index in [1.165, 1.54) is 36.6 Å². The third-order valence-corrected chi connectivity index (χ3v) is 4.53. The summed E-state index contributed by atoms with van der Waals surface area (Å²) in [6.45, 7) is 13.3. The Bertz CT molecular complexity index is 386. The van der Waals surface area contributed by atoms with Gasteiger partial charge in [-0.15, -0.1) is 11.3 Å². The van der Waals surface area contributed by atoms with Gasteiger partial charge in [0.05, 0.1) is 5.69 Å². The van der Waals surface area contributed by atoms with Crippen molar-refractivity contribution in [1.82, 2.24) is 15.2 Å². The summed E-state index contributed by atoms with van der Waals surface area (Å²) < 4.78 is 0. The molecule has 108 valence electrons. The standard InChI is InChI=1S/C15H27N3S/c1-12-5-7-18(8-6-12)10-13-11-19-14(17-13)9-16-15(2,3)4/h11-12,16H,5-10H2,1-4H3. The lowest BCUT2D eigenvalue weighted by atomic mass is 9.99. The van der Waals surface area contributed by atoms with E-state index in [1.54, 1.807) is 11.3 Å². The number of aromatic nitrogens is 1. The number of hydrogen-bond acceptors (Lipinski definition) is 4. The van der Waals surface area contributed by atoms with Crippen molar-refractivity contribution in [3.8, 4) is 0 Å². The number of nitrogens with one attached hydrogen (secondary N) is 1. The summed E-state index contributed by atoms with van der Waals surface area (Å²) in [5.41, 5.74) is 1.40. The second-order valence-electron chi connectivity index (χ2n) is 6.79. The summed E-state index contributed by atoms with van der Waals surface area (Å²) in [5.74, 6) is 0.901. The molecule has 0 radical (unpaired) electrons. The van der Waals surface area contributed by atoms with Crippen LogP contribution in [0.5, 0.6) is 0 Å². The third-order valence-electron chi connectivity index (χ3n) is 3.63. The van der Waals surface area contributed by atoms with Gasteiger partial charge in [-0.3, -0.25) is 4.90 Å². The molecule has 0 aromatic carbocycles. The van der Waals surface area contributed by atoms with Crippen molar-refractivity contribution in [2.24, 2.45) is 5.92 Å². The minimum absolute atomic E-state index is 0.162. The monoisotopic (exact) mass is 281 g/mol. The molecular weight excluding hydrogens is 254 g/mol. The largest absolute Gasteiger partial charge is 0.306 e. The Balaban J connectivity index is 1.80. The molecule has 0 saturated carbocycles. The van der Waals surface area contributed by atoms with Gasteiger partial charge in [0.2, 0.25) is 0 Å². The first kappa shape index (κ1) is 14.9. The van der Waals surface area contributed by atoms with Crippen molar-refractivity contribution in [2.45, 2.75) is 59.2 Å². The highest BCUT2D eigenvalue weighted by Crippen LogP contribution is 2.19.